The summed E-state index contributed by atoms with van der Waals surface area (Å²) in [5, 5.41) is 0. The van der Waals surface area contributed by atoms with Crippen LogP contribution in [0.5, 0.6) is 0 Å². The summed E-state index contributed by atoms with van der Waals surface area (Å²) in [4.78, 5) is 1.11. The summed E-state index contributed by atoms with van der Waals surface area (Å²) in [6.45, 7) is 2.10. The van der Waals surface area contributed by atoms with Crippen molar-refractivity contribution in [2.45, 2.75) is 11.8 Å². The summed E-state index contributed by atoms with van der Waals surface area (Å²) in [7, 11) is 0. The van der Waals surface area contributed by atoms with Crippen LogP contribution >= 0.6 is 11.8 Å². The van der Waals surface area contributed by atoms with Gasteiger partial charge in [-0.2, -0.15) is 0 Å². The summed E-state index contributed by atoms with van der Waals surface area (Å²) in [5.74, 6) is 3.58. The van der Waals surface area contributed by atoms with Crippen LogP contribution in [0.2, 0.25) is 0 Å². The second-order valence-electron chi connectivity index (χ2n) is 2.33. The van der Waals surface area contributed by atoms with Gasteiger partial charge in [-0.3, -0.25) is 0 Å². The molecule has 1 rings (SSSR count). The minimum atomic E-state index is 0.775. The van der Waals surface area contributed by atoms with E-state index >= 15 is 0 Å². The molecule has 1 nitrogen and oxygen atoms in total. The maximum absolute atomic E-state index is 5.77. The van der Waals surface area contributed by atoms with Gasteiger partial charge < -0.3 is 5.73 Å². The third-order valence-electron chi connectivity index (χ3n) is 1.48. The predicted octanol–water partition coefficient (Wildman–Crippen LogP) is 2.36. The van der Waals surface area contributed by atoms with Crippen LogP contribution in [0.25, 0.3) is 0 Å². The smallest absolute Gasteiger partial charge is 0.0464 e. The second kappa shape index (κ2) is 4.08. The lowest BCUT2D eigenvalue weighted by molar-refractivity contribution is 1.42. The van der Waals surface area contributed by atoms with E-state index in [1.807, 2.05) is 18.2 Å². The number of anilines is 1. The van der Waals surface area contributed by atoms with Gasteiger partial charge >= 0.3 is 0 Å². The van der Waals surface area contributed by atoms with Crippen molar-refractivity contribution in [2.75, 3.05) is 11.5 Å². The lowest BCUT2D eigenvalue weighted by Gasteiger charge is -2.03. The van der Waals surface area contributed by atoms with Gasteiger partial charge in [-0.1, -0.05) is 12.8 Å². The zero-order valence-electron chi connectivity index (χ0n) is 7.00. The van der Waals surface area contributed by atoms with E-state index in [-0.39, 0.29) is 0 Å². The van der Waals surface area contributed by atoms with Crippen LogP contribution in [0.3, 0.4) is 0 Å². The lowest BCUT2D eigenvalue weighted by atomic mass is 10.2. The summed E-state index contributed by atoms with van der Waals surface area (Å²) in [6.07, 6.45) is 5.23. The average molecular weight is 177 g/mol. The van der Waals surface area contributed by atoms with Gasteiger partial charge in [0.25, 0.3) is 0 Å². The molecule has 2 N–H and O–H groups in total. The molecule has 0 saturated heterocycles. The fourth-order valence-electron chi connectivity index (χ4n) is 0.925. The Morgan fingerprint density at radius 3 is 2.83 bits per heavy atom. The van der Waals surface area contributed by atoms with Crippen LogP contribution in [-0.2, 0) is 0 Å². The molecule has 0 aliphatic rings. The number of benzene rings is 1. The highest BCUT2D eigenvalue weighted by atomic mass is 32.2. The largest absolute Gasteiger partial charge is 0.398 e. The Balaban J connectivity index is 2.97. The SMILES string of the molecule is C#Cc1ccc(SCC)c(N)c1. The number of nitrogen functional groups attached to an aromatic ring is 1. The molecule has 2 heteroatoms. The molecule has 0 aromatic heterocycles. The van der Waals surface area contributed by atoms with Gasteiger partial charge in [-0.25, -0.2) is 0 Å². The van der Waals surface area contributed by atoms with E-state index in [0.717, 1.165) is 21.9 Å². The van der Waals surface area contributed by atoms with Gasteiger partial charge in [0.1, 0.15) is 0 Å². The molecule has 0 aliphatic carbocycles. The van der Waals surface area contributed by atoms with Crippen molar-refractivity contribution in [3.63, 3.8) is 0 Å². The van der Waals surface area contributed by atoms with E-state index in [1.165, 1.54) is 0 Å². The minimum absolute atomic E-state index is 0.775. The maximum atomic E-state index is 5.77. The Hall–Kier alpha value is -1.07. The Morgan fingerprint density at radius 1 is 1.58 bits per heavy atom. The molecule has 1 aromatic rings. The molecule has 0 heterocycles. The lowest BCUT2D eigenvalue weighted by Crippen LogP contribution is -1.89. The molecular weight excluding hydrogens is 166 g/mol. The fraction of sp³-hybridized carbons (Fsp3) is 0.200. The molecule has 0 amide bonds. The fourth-order valence-corrected chi connectivity index (χ4v) is 1.63. The zero-order chi connectivity index (χ0) is 8.97. The number of terminal acetylenes is 1. The monoisotopic (exact) mass is 177 g/mol. The molecule has 0 fully saturated rings. The third kappa shape index (κ3) is 1.96. The molecular formula is C10H11NS. The standard InChI is InChI=1S/C10H11NS/c1-3-8-5-6-10(12-4-2)9(11)7-8/h1,5-7H,4,11H2,2H3. The number of thioether (sulfide) groups is 1. The van der Waals surface area contributed by atoms with E-state index in [0.29, 0.717) is 0 Å². The number of rotatable bonds is 2. The van der Waals surface area contributed by atoms with E-state index in [1.54, 1.807) is 11.8 Å². The van der Waals surface area contributed by atoms with Gasteiger partial charge in [0.2, 0.25) is 0 Å². The molecule has 0 atom stereocenters. The van der Waals surface area contributed by atoms with Gasteiger partial charge in [0, 0.05) is 16.1 Å². The van der Waals surface area contributed by atoms with E-state index < -0.39 is 0 Å². The van der Waals surface area contributed by atoms with Crippen molar-refractivity contribution in [1.29, 1.82) is 0 Å². The van der Waals surface area contributed by atoms with E-state index in [4.69, 9.17) is 12.2 Å². The molecule has 1 aromatic carbocycles. The van der Waals surface area contributed by atoms with Crippen LogP contribution in [0.1, 0.15) is 12.5 Å². The molecule has 12 heavy (non-hydrogen) atoms. The quantitative estimate of drug-likeness (QED) is 0.426. The number of hydrogen-bond donors (Lipinski definition) is 1. The first-order chi connectivity index (χ1) is 5.77. The molecule has 0 bridgehead atoms. The van der Waals surface area contributed by atoms with Gasteiger partial charge in [0.15, 0.2) is 0 Å². The highest BCUT2D eigenvalue weighted by Crippen LogP contribution is 2.25. The molecule has 0 radical (unpaired) electrons. The second-order valence-corrected chi connectivity index (χ2v) is 3.64. The summed E-state index contributed by atoms with van der Waals surface area (Å²) >= 11 is 1.73. The van der Waals surface area contributed by atoms with Crippen molar-refractivity contribution in [2.24, 2.45) is 0 Å². The molecule has 62 valence electrons. The minimum Gasteiger partial charge on any atom is -0.398 e. The first-order valence-corrected chi connectivity index (χ1v) is 4.75. The normalized spacial score (nSPS) is 9.33. The molecule has 0 spiro atoms. The first-order valence-electron chi connectivity index (χ1n) is 3.77. The van der Waals surface area contributed by atoms with Crippen molar-refractivity contribution >= 4 is 17.4 Å². The van der Waals surface area contributed by atoms with Crippen molar-refractivity contribution < 1.29 is 0 Å². The van der Waals surface area contributed by atoms with Crippen molar-refractivity contribution in [3.05, 3.63) is 23.8 Å². The first kappa shape index (κ1) is 9.02. The summed E-state index contributed by atoms with van der Waals surface area (Å²) in [5.41, 5.74) is 7.38. The van der Waals surface area contributed by atoms with Crippen molar-refractivity contribution in [1.82, 2.24) is 0 Å². The van der Waals surface area contributed by atoms with E-state index in [2.05, 4.69) is 12.8 Å². The van der Waals surface area contributed by atoms with Gasteiger partial charge in [0.05, 0.1) is 0 Å². The average Bonchev–Trinajstić information content (AvgIpc) is 2.09. The van der Waals surface area contributed by atoms with Gasteiger partial charge in [-0.15, -0.1) is 18.2 Å². The van der Waals surface area contributed by atoms with E-state index in [9.17, 15) is 0 Å². The van der Waals surface area contributed by atoms with Crippen molar-refractivity contribution in [3.8, 4) is 12.3 Å². The highest BCUT2D eigenvalue weighted by molar-refractivity contribution is 7.99. The molecule has 0 aliphatic heterocycles. The Labute approximate surface area is 77.4 Å². The molecule has 0 unspecified atom stereocenters. The predicted molar refractivity (Wildman–Crippen MR) is 55.2 cm³/mol. The van der Waals surface area contributed by atoms with Crippen LogP contribution in [-0.4, -0.2) is 5.75 Å². The maximum Gasteiger partial charge on any atom is 0.0464 e. The topological polar surface area (TPSA) is 26.0 Å². The summed E-state index contributed by atoms with van der Waals surface area (Å²) < 4.78 is 0. The van der Waals surface area contributed by atoms with Crippen LogP contribution in [0.15, 0.2) is 23.1 Å². The Bertz CT molecular complexity index is 312. The Kier molecular flexibility index (Phi) is 3.07. The Morgan fingerprint density at radius 2 is 2.33 bits per heavy atom. The third-order valence-corrected chi connectivity index (χ3v) is 2.45. The van der Waals surface area contributed by atoms with Crippen LogP contribution in [0, 0.1) is 12.3 Å². The van der Waals surface area contributed by atoms with Crippen LogP contribution < -0.4 is 5.73 Å². The summed E-state index contributed by atoms with van der Waals surface area (Å²) in [6, 6.07) is 5.71. The van der Waals surface area contributed by atoms with Crippen LogP contribution in [0.4, 0.5) is 5.69 Å². The molecule has 0 saturated carbocycles. The number of nitrogens with two attached hydrogens (primary N) is 1. The highest BCUT2D eigenvalue weighted by Gasteiger charge is 1.98. The van der Waals surface area contributed by atoms with Gasteiger partial charge in [-0.05, 0) is 24.0 Å². The zero-order valence-corrected chi connectivity index (χ0v) is 7.82. The number of hydrogen-bond acceptors (Lipinski definition) is 2.